The molecule has 3 fully saturated rings. The molecule has 636 valence electrons. The molecule has 0 bridgehead atoms. The summed E-state index contributed by atoms with van der Waals surface area (Å²) in [5.74, 6) is -0.287. The van der Waals surface area contributed by atoms with E-state index >= 15 is 0 Å². The third kappa shape index (κ3) is 48.1. The number of amides is 1. The SMILES string of the molecule is CC/C=C\C/C=C\C/C=C\C/C=C\C/C=C\C/C=C\C/C=C\CCCCCCCCCCCCCCCC(=O)NC(COC1OC(CO)C(OC2OC(CO)C(OC3OC(CO)C(O)C(O)C3O)C(O)C2O)C(O)C1O)C(O)/C=C/CC/C=C/CCCCCCCCCCCCCCCCCCCCCCCCCC. The predicted octanol–water partition coefficient (Wildman–Crippen LogP) is 16.5. The van der Waals surface area contributed by atoms with E-state index in [1.807, 2.05) is 6.08 Å². The number of hydrogen-bond acceptors (Lipinski definition) is 18. The van der Waals surface area contributed by atoms with Crippen LogP contribution in [-0.2, 0) is 33.2 Å². The Kier molecular flexibility index (Phi) is 63.8. The number of ether oxygens (including phenoxy) is 6. The van der Waals surface area contributed by atoms with Crippen LogP contribution < -0.4 is 5.32 Å². The number of nitrogens with one attached hydrogen (secondary N) is 1. The number of hydrogen-bond donors (Lipinski definition) is 12. The van der Waals surface area contributed by atoms with Crippen LogP contribution in [0.3, 0.4) is 0 Å². The molecule has 19 nitrogen and oxygen atoms in total. The summed E-state index contributed by atoms with van der Waals surface area (Å²) in [6.07, 6.45) is 70.9. The highest BCUT2D eigenvalue weighted by molar-refractivity contribution is 5.76. The molecule has 3 aliphatic heterocycles. The average molecular weight is 1560 g/mol. The van der Waals surface area contributed by atoms with E-state index in [1.165, 1.54) is 199 Å². The van der Waals surface area contributed by atoms with Gasteiger partial charge in [0.05, 0.1) is 38.6 Å². The Morgan fingerprint density at radius 3 is 1.02 bits per heavy atom. The number of rotatable bonds is 70. The van der Waals surface area contributed by atoms with Gasteiger partial charge in [0.2, 0.25) is 5.91 Å². The second kappa shape index (κ2) is 69.7. The van der Waals surface area contributed by atoms with Crippen molar-refractivity contribution < 1.29 is 89.4 Å². The summed E-state index contributed by atoms with van der Waals surface area (Å²) in [6.45, 7) is 1.64. The van der Waals surface area contributed by atoms with E-state index in [9.17, 15) is 61.0 Å². The van der Waals surface area contributed by atoms with Gasteiger partial charge in [0.15, 0.2) is 18.9 Å². The fourth-order valence-electron chi connectivity index (χ4n) is 14.3. The molecule has 3 saturated heterocycles. The van der Waals surface area contributed by atoms with Crippen molar-refractivity contribution in [2.75, 3.05) is 26.4 Å². The van der Waals surface area contributed by atoms with Gasteiger partial charge in [-0.05, 0) is 89.9 Å². The zero-order chi connectivity index (χ0) is 79.5. The number of aliphatic hydroxyl groups is 11. The van der Waals surface area contributed by atoms with Gasteiger partial charge in [-0.15, -0.1) is 0 Å². The summed E-state index contributed by atoms with van der Waals surface area (Å²) in [5, 5.41) is 121. The van der Waals surface area contributed by atoms with Crippen LogP contribution in [0.1, 0.15) is 328 Å². The van der Waals surface area contributed by atoms with Crippen molar-refractivity contribution in [2.24, 2.45) is 0 Å². The molecule has 17 unspecified atom stereocenters. The number of carbonyl (C=O) groups excluding carboxylic acids is 1. The van der Waals surface area contributed by atoms with Crippen LogP contribution in [0, 0.1) is 0 Å². The van der Waals surface area contributed by atoms with Gasteiger partial charge in [0.1, 0.15) is 73.2 Å². The largest absolute Gasteiger partial charge is 0.394 e. The van der Waals surface area contributed by atoms with Crippen molar-refractivity contribution in [2.45, 2.75) is 433 Å². The summed E-state index contributed by atoms with van der Waals surface area (Å²) in [5.41, 5.74) is 0. The van der Waals surface area contributed by atoms with Crippen LogP contribution in [0.4, 0.5) is 0 Å². The summed E-state index contributed by atoms with van der Waals surface area (Å²) in [6, 6.07) is -0.999. The molecule has 0 aliphatic carbocycles. The topological polar surface area (TPSA) is 307 Å². The highest BCUT2D eigenvalue weighted by Gasteiger charge is 2.54. The lowest BCUT2D eigenvalue weighted by Gasteiger charge is -2.48. The quantitative estimate of drug-likeness (QED) is 0.0199. The van der Waals surface area contributed by atoms with Crippen LogP contribution in [0.2, 0.25) is 0 Å². The fraction of sp³-hybridized carbons (Fsp3) is 0.791. The van der Waals surface area contributed by atoms with Crippen LogP contribution in [0.15, 0.2) is 109 Å². The first-order chi connectivity index (χ1) is 53.8. The maximum absolute atomic E-state index is 13.5. The minimum Gasteiger partial charge on any atom is -0.394 e. The number of unbranched alkanes of at least 4 members (excludes halogenated alkanes) is 38. The maximum atomic E-state index is 13.5. The van der Waals surface area contributed by atoms with Gasteiger partial charge in [-0.2, -0.15) is 0 Å². The van der Waals surface area contributed by atoms with E-state index in [0.29, 0.717) is 12.8 Å². The summed E-state index contributed by atoms with van der Waals surface area (Å²) in [4.78, 5) is 13.5. The van der Waals surface area contributed by atoms with Gasteiger partial charge >= 0.3 is 0 Å². The van der Waals surface area contributed by atoms with Crippen LogP contribution in [-0.4, -0.2) is 193 Å². The van der Waals surface area contributed by atoms with Gasteiger partial charge in [0.25, 0.3) is 0 Å². The van der Waals surface area contributed by atoms with Crippen molar-refractivity contribution in [1.82, 2.24) is 5.32 Å². The standard InChI is InChI=1S/C91H159NO18/c1-3-5-7-9-11-13-15-17-19-21-23-25-27-29-31-33-35-36-37-38-39-41-43-45-47-49-51-53-55-57-59-61-63-65-67-69-79(97)92-74(75(96)68-66-64-62-60-58-56-54-52-50-48-46-44-42-40-34-32-30-28-26-24-22-20-18-16-14-12-10-8-6-4-2)73-105-89-85(103)82(100)87(77(71-94)107-89)110-91-86(104)83(101)88(78(72-95)108-91)109-90-84(102)81(99)80(98)76(70-93)106-90/h5,7,11,13,17,19,23,25,29,31,35-36,38-39,58,60,66,68,74-78,80-91,93-96,98-104H,3-4,6,8-10,12,14-16,18,20-22,24,26-28,30,32-34,37,40-57,59,61-65,67,69-73H2,1-2H3,(H,92,97)/b7-5-,13-11-,19-17-,25-23-,31-29-,36-35-,39-38-,60-58+,68-66+. The first-order valence-corrected chi connectivity index (χ1v) is 44.1. The normalized spacial score (nSPS) is 25.7. The van der Waals surface area contributed by atoms with Crippen molar-refractivity contribution in [1.29, 1.82) is 0 Å². The highest BCUT2D eigenvalue weighted by atomic mass is 16.8. The third-order valence-corrected chi connectivity index (χ3v) is 21.3. The fourth-order valence-corrected chi connectivity index (χ4v) is 14.3. The average Bonchev–Trinajstić information content (AvgIpc) is 0.795. The van der Waals surface area contributed by atoms with Gasteiger partial charge in [0, 0.05) is 6.42 Å². The van der Waals surface area contributed by atoms with E-state index in [-0.39, 0.29) is 18.9 Å². The summed E-state index contributed by atoms with van der Waals surface area (Å²) in [7, 11) is 0. The molecular formula is C91H159NO18. The zero-order valence-electron chi connectivity index (χ0n) is 68.5. The van der Waals surface area contributed by atoms with Crippen molar-refractivity contribution in [3.8, 4) is 0 Å². The summed E-state index contributed by atoms with van der Waals surface area (Å²) < 4.78 is 34.5. The molecule has 0 aromatic rings. The molecule has 3 heterocycles. The van der Waals surface area contributed by atoms with Crippen LogP contribution >= 0.6 is 0 Å². The molecular weight excluding hydrogens is 1390 g/mol. The smallest absolute Gasteiger partial charge is 0.220 e. The van der Waals surface area contributed by atoms with Crippen molar-refractivity contribution in [3.05, 3.63) is 109 Å². The Bertz CT molecular complexity index is 2410. The first kappa shape index (κ1) is 101. The Morgan fingerprint density at radius 1 is 0.336 bits per heavy atom. The molecule has 110 heavy (non-hydrogen) atoms. The van der Waals surface area contributed by atoms with E-state index in [4.69, 9.17) is 28.4 Å². The van der Waals surface area contributed by atoms with Gasteiger partial charge in [-0.25, -0.2) is 0 Å². The Labute approximate surface area is 665 Å². The van der Waals surface area contributed by atoms with E-state index in [0.717, 1.165) is 96.3 Å². The molecule has 19 heteroatoms. The Morgan fingerprint density at radius 2 is 0.636 bits per heavy atom. The highest BCUT2D eigenvalue weighted by Crippen LogP contribution is 2.33. The minimum absolute atomic E-state index is 0.229. The monoisotopic (exact) mass is 1550 g/mol. The van der Waals surface area contributed by atoms with Gasteiger partial charge in [-0.3, -0.25) is 4.79 Å². The molecule has 0 aromatic carbocycles. The second-order valence-electron chi connectivity index (χ2n) is 31.0. The summed E-state index contributed by atoms with van der Waals surface area (Å²) >= 11 is 0. The number of carbonyl (C=O) groups is 1. The molecule has 12 N–H and O–H groups in total. The molecule has 0 aromatic heterocycles. The third-order valence-electron chi connectivity index (χ3n) is 21.3. The molecule has 1 amide bonds. The molecule has 0 radical (unpaired) electrons. The molecule has 0 saturated carbocycles. The zero-order valence-corrected chi connectivity index (χ0v) is 68.5. The van der Waals surface area contributed by atoms with E-state index in [1.54, 1.807) is 6.08 Å². The first-order valence-electron chi connectivity index (χ1n) is 44.1. The number of allylic oxidation sites excluding steroid dienone is 17. The molecule has 3 aliphatic rings. The van der Waals surface area contributed by atoms with Gasteiger partial charge < -0.3 is 89.9 Å². The Hall–Kier alpha value is -3.55. The maximum Gasteiger partial charge on any atom is 0.220 e. The van der Waals surface area contributed by atoms with Crippen LogP contribution in [0.5, 0.6) is 0 Å². The van der Waals surface area contributed by atoms with Crippen molar-refractivity contribution in [3.63, 3.8) is 0 Å². The van der Waals surface area contributed by atoms with Crippen LogP contribution in [0.25, 0.3) is 0 Å². The lowest BCUT2D eigenvalue weighted by molar-refractivity contribution is -0.379. The second-order valence-corrected chi connectivity index (χ2v) is 31.0. The van der Waals surface area contributed by atoms with E-state index < -0.39 is 124 Å². The van der Waals surface area contributed by atoms with Gasteiger partial charge in [-0.1, -0.05) is 342 Å². The predicted molar refractivity (Wildman–Crippen MR) is 443 cm³/mol. The minimum atomic E-state index is -1.99. The Balaban J connectivity index is 1.35. The lowest BCUT2D eigenvalue weighted by atomic mass is 9.96. The molecule has 3 rings (SSSR count). The molecule has 0 spiro atoms. The van der Waals surface area contributed by atoms with E-state index in [2.05, 4.69) is 116 Å². The lowest BCUT2D eigenvalue weighted by Crippen LogP contribution is -2.66. The van der Waals surface area contributed by atoms with Crippen molar-refractivity contribution >= 4 is 5.91 Å². The molecule has 17 atom stereocenters. The number of aliphatic hydroxyl groups excluding tert-OH is 11.